The van der Waals surface area contributed by atoms with Crippen LogP contribution in [0, 0.1) is 10.1 Å². The van der Waals surface area contributed by atoms with Gasteiger partial charge < -0.3 is 4.90 Å². The van der Waals surface area contributed by atoms with Gasteiger partial charge in [0.2, 0.25) is 11.8 Å². The zero-order chi connectivity index (χ0) is 19.1. The number of carbonyl (C=O) groups excluding carboxylic acids is 3. The largest absolute Gasteiger partial charge is 0.308 e. The van der Waals surface area contributed by atoms with Crippen molar-refractivity contribution < 1.29 is 19.3 Å². The maximum Gasteiger partial charge on any atom is 0.269 e. The number of non-ortho nitro benzene ring substituents is 1. The molecule has 27 heavy (non-hydrogen) atoms. The molecule has 8 heteroatoms. The fraction of sp³-hybridized carbons (Fsp3) is 0.211. The maximum absolute atomic E-state index is 12.8. The summed E-state index contributed by atoms with van der Waals surface area (Å²) in [6.45, 7) is 0.445. The van der Waals surface area contributed by atoms with E-state index in [-0.39, 0.29) is 36.3 Å². The summed E-state index contributed by atoms with van der Waals surface area (Å²) in [5, 5.41) is 10.9. The van der Waals surface area contributed by atoms with E-state index in [0.717, 1.165) is 10.5 Å². The Morgan fingerprint density at radius 1 is 0.963 bits per heavy atom. The molecule has 4 rings (SSSR count). The summed E-state index contributed by atoms with van der Waals surface area (Å²) in [5.41, 5.74) is 2.31. The number of hydrogen-bond donors (Lipinski definition) is 0. The molecule has 2 heterocycles. The summed E-state index contributed by atoms with van der Waals surface area (Å²) in [4.78, 5) is 49.6. The van der Waals surface area contributed by atoms with Crippen LogP contribution >= 0.6 is 0 Å². The summed E-state index contributed by atoms with van der Waals surface area (Å²) < 4.78 is 0. The van der Waals surface area contributed by atoms with E-state index in [1.807, 2.05) is 0 Å². The number of rotatable bonds is 3. The van der Waals surface area contributed by atoms with Crippen LogP contribution in [0.2, 0.25) is 0 Å². The van der Waals surface area contributed by atoms with Gasteiger partial charge in [0, 0.05) is 42.8 Å². The Morgan fingerprint density at radius 3 is 2.26 bits per heavy atom. The van der Waals surface area contributed by atoms with E-state index in [1.165, 1.54) is 12.1 Å². The third kappa shape index (κ3) is 2.84. The van der Waals surface area contributed by atoms with Crippen molar-refractivity contribution in [3.63, 3.8) is 0 Å². The Labute approximate surface area is 154 Å². The molecule has 0 bridgehead atoms. The molecule has 1 fully saturated rings. The van der Waals surface area contributed by atoms with Crippen LogP contribution in [0.15, 0.2) is 42.5 Å². The number of nitro groups is 1. The van der Waals surface area contributed by atoms with Crippen LogP contribution in [-0.2, 0) is 16.0 Å². The molecule has 0 saturated carbocycles. The Hall–Kier alpha value is -3.55. The number of benzene rings is 2. The minimum atomic E-state index is -0.454. The number of nitro benzene ring substituents is 1. The SMILES string of the molecule is O=C(c1ccc(N2C(=O)CCC2=O)cc1)N1CCc2cc([N+](=O)[O-])ccc21. The van der Waals surface area contributed by atoms with Gasteiger partial charge >= 0.3 is 0 Å². The smallest absolute Gasteiger partial charge is 0.269 e. The molecular weight excluding hydrogens is 350 g/mol. The Bertz CT molecular complexity index is 967. The first-order valence-electron chi connectivity index (χ1n) is 8.51. The number of fused-ring (bicyclic) bond motifs is 1. The summed E-state index contributed by atoms with van der Waals surface area (Å²) in [7, 11) is 0. The molecule has 8 nitrogen and oxygen atoms in total. The Kier molecular flexibility index (Phi) is 3.95. The first kappa shape index (κ1) is 16.9. The first-order valence-corrected chi connectivity index (χ1v) is 8.51. The zero-order valence-electron chi connectivity index (χ0n) is 14.3. The van der Waals surface area contributed by atoms with E-state index in [0.29, 0.717) is 29.9 Å². The van der Waals surface area contributed by atoms with Gasteiger partial charge in [-0.1, -0.05) is 0 Å². The lowest BCUT2D eigenvalue weighted by atomic mass is 10.1. The van der Waals surface area contributed by atoms with Crippen molar-refractivity contribution in [1.29, 1.82) is 0 Å². The lowest BCUT2D eigenvalue weighted by Crippen LogP contribution is -2.30. The molecule has 0 spiro atoms. The van der Waals surface area contributed by atoms with Crippen LogP contribution in [-0.4, -0.2) is 29.2 Å². The van der Waals surface area contributed by atoms with E-state index < -0.39 is 4.92 Å². The number of nitrogens with zero attached hydrogens (tertiary/aromatic N) is 3. The minimum Gasteiger partial charge on any atom is -0.308 e. The molecule has 0 N–H and O–H groups in total. The van der Waals surface area contributed by atoms with Crippen LogP contribution < -0.4 is 9.80 Å². The van der Waals surface area contributed by atoms with Crippen molar-refractivity contribution in [2.75, 3.05) is 16.3 Å². The van der Waals surface area contributed by atoms with Crippen LogP contribution in [0.5, 0.6) is 0 Å². The fourth-order valence-corrected chi connectivity index (χ4v) is 3.49. The van der Waals surface area contributed by atoms with Gasteiger partial charge in [0.15, 0.2) is 0 Å². The second-order valence-electron chi connectivity index (χ2n) is 6.45. The number of hydrogen-bond acceptors (Lipinski definition) is 5. The first-order chi connectivity index (χ1) is 13.0. The molecule has 0 radical (unpaired) electrons. The molecule has 0 aliphatic carbocycles. The highest BCUT2D eigenvalue weighted by atomic mass is 16.6. The molecule has 2 aromatic carbocycles. The fourth-order valence-electron chi connectivity index (χ4n) is 3.49. The predicted octanol–water partition coefficient (Wildman–Crippen LogP) is 2.45. The predicted molar refractivity (Wildman–Crippen MR) is 96.6 cm³/mol. The monoisotopic (exact) mass is 365 g/mol. The summed E-state index contributed by atoms with van der Waals surface area (Å²) in [6, 6.07) is 10.8. The lowest BCUT2D eigenvalue weighted by Gasteiger charge is -2.18. The highest BCUT2D eigenvalue weighted by Gasteiger charge is 2.31. The third-order valence-electron chi connectivity index (χ3n) is 4.84. The highest BCUT2D eigenvalue weighted by Crippen LogP contribution is 2.32. The van der Waals surface area contributed by atoms with Crippen LogP contribution in [0.4, 0.5) is 17.1 Å². The van der Waals surface area contributed by atoms with E-state index >= 15 is 0 Å². The standard InChI is InChI=1S/C19H15N3O5/c23-17-7-8-18(24)21(17)14-3-1-12(2-4-14)19(25)20-10-9-13-11-15(22(26)27)5-6-16(13)20/h1-6,11H,7-10H2. The van der Waals surface area contributed by atoms with Gasteiger partial charge in [-0.2, -0.15) is 0 Å². The quantitative estimate of drug-likeness (QED) is 0.472. The van der Waals surface area contributed by atoms with Crippen molar-refractivity contribution in [3.8, 4) is 0 Å². The Morgan fingerprint density at radius 2 is 1.63 bits per heavy atom. The van der Waals surface area contributed by atoms with Crippen LogP contribution in [0.25, 0.3) is 0 Å². The minimum absolute atomic E-state index is 0.00680. The molecule has 0 aromatic heterocycles. The van der Waals surface area contributed by atoms with Gasteiger partial charge in [-0.15, -0.1) is 0 Å². The van der Waals surface area contributed by atoms with E-state index in [4.69, 9.17) is 0 Å². The molecule has 0 atom stereocenters. The molecule has 3 amide bonds. The van der Waals surface area contributed by atoms with Crippen LogP contribution in [0.1, 0.15) is 28.8 Å². The second-order valence-corrected chi connectivity index (χ2v) is 6.45. The van der Waals surface area contributed by atoms with Crippen molar-refractivity contribution in [1.82, 2.24) is 0 Å². The number of imide groups is 1. The van der Waals surface area contributed by atoms with E-state index in [9.17, 15) is 24.5 Å². The normalized spacial score (nSPS) is 16.0. The summed E-state index contributed by atoms with van der Waals surface area (Å²) in [5.74, 6) is -0.712. The topological polar surface area (TPSA) is 101 Å². The van der Waals surface area contributed by atoms with Crippen molar-refractivity contribution >= 4 is 34.8 Å². The van der Waals surface area contributed by atoms with Gasteiger partial charge in [0.25, 0.3) is 11.6 Å². The van der Waals surface area contributed by atoms with Gasteiger partial charge in [0.05, 0.1) is 10.6 Å². The Balaban J connectivity index is 1.57. The molecule has 1 saturated heterocycles. The molecule has 2 aliphatic heterocycles. The van der Waals surface area contributed by atoms with Crippen molar-refractivity contribution in [2.45, 2.75) is 19.3 Å². The van der Waals surface area contributed by atoms with Gasteiger partial charge in [0.1, 0.15) is 0 Å². The third-order valence-corrected chi connectivity index (χ3v) is 4.84. The van der Waals surface area contributed by atoms with Gasteiger partial charge in [-0.3, -0.25) is 29.4 Å². The molecule has 2 aromatic rings. The second kappa shape index (κ2) is 6.31. The summed E-state index contributed by atoms with van der Waals surface area (Å²) in [6.07, 6.45) is 0.962. The average molecular weight is 365 g/mol. The number of carbonyl (C=O) groups is 3. The molecule has 2 aliphatic rings. The molecule has 136 valence electrons. The van der Waals surface area contributed by atoms with E-state index in [2.05, 4.69) is 0 Å². The zero-order valence-corrected chi connectivity index (χ0v) is 14.3. The van der Waals surface area contributed by atoms with Crippen molar-refractivity contribution in [2.24, 2.45) is 0 Å². The molecule has 0 unspecified atom stereocenters. The lowest BCUT2D eigenvalue weighted by molar-refractivity contribution is -0.384. The van der Waals surface area contributed by atoms with Gasteiger partial charge in [-0.25, -0.2) is 0 Å². The van der Waals surface area contributed by atoms with Crippen LogP contribution in [0.3, 0.4) is 0 Å². The maximum atomic E-state index is 12.8. The number of amides is 3. The van der Waals surface area contributed by atoms with E-state index in [1.54, 1.807) is 35.2 Å². The van der Waals surface area contributed by atoms with Gasteiger partial charge in [-0.05, 0) is 42.3 Å². The average Bonchev–Trinajstić information content (AvgIpc) is 3.24. The highest BCUT2D eigenvalue weighted by molar-refractivity contribution is 6.20. The van der Waals surface area contributed by atoms with Crippen molar-refractivity contribution in [3.05, 3.63) is 63.7 Å². The number of anilines is 2. The molecular formula is C19H15N3O5. The summed E-state index contributed by atoms with van der Waals surface area (Å²) >= 11 is 0.